The Balaban J connectivity index is 5.24. The van der Waals surface area contributed by atoms with Crippen LogP contribution in [0.2, 0.25) is 0 Å². The summed E-state index contributed by atoms with van der Waals surface area (Å²) in [6.07, 6.45) is 75.1. The van der Waals surface area contributed by atoms with Crippen molar-refractivity contribution in [2.24, 2.45) is 11.8 Å². The van der Waals surface area contributed by atoms with Gasteiger partial charge in [0, 0.05) is 25.7 Å². The quantitative estimate of drug-likeness (QED) is 0.0222. The zero-order chi connectivity index (χ0) is 79.9. The van der Waals surface area contributed by atoms with Gasteiger partial charge in [-0.15, -0.1) is 0 Å². The zero-order valence-corrected chi connectivity index (χ0v) is 73.7. The Morgan fingerprint density at radius 1 is 0.266 bits per heavy atom. The van der Waals surface area contributed by atoms with E-state index in [-0.39, 0.29) is 25.7 Å². The fraction of sp³-hybridized carbons (Fsp3) is 0.956. The van der Waals surface area contributed by atoms with Gasteiger partial charge < -0.3 is 33.8 Å². The third-order valence-electron chi connectivity index (χ3n) is 21.6. The summed E-state index contributed by atoms with van der Waals surface area (Å²) in [4.78, 5) is 73.4. The van der Waals surface area contributed by atoms with Gasteiger partial charge >= 0.3 is 39.5 Å². The molecule has 0 aromatic carbocycles. The van der Waals surface area contributed by atoms with Crippen LogP contribution in [0.5, 0.6) is 0 Å². The summed E-state index contributed by atoms with van der Waals surface area (Å²) >= 11 is 0. The molecule has 0 bridgehead atoms. The van der Waals surface area contributed by atoms with E-state index < -0.39 is 97.5 Å². The Kier molecular flexibility index (Phi) is 79.8. The molecule has 0 saturated carbocycles. The molecule has 0 amide bonds. The lowest BCUT2D eigenvalue weighted by Gasteiger charge is -2.21. The third-order valence-corrected chi connectivity index (χ3v) is 23.5. The number of phosphoric ester groups is 2. The first-order valence-electron chi connectivity index (χ1n) is 46.5. The minimum absolute atomic E-state index is 0.107. The number of carbonyl (C=O) groups excluding carboxylic acids is 4. The molecule has 3 N–H and O–H groups in total. The van der Waals surface area contributed by atoms with Crippen molar-refractivity contribution in [3.05, 3.63) is 0 Å². The Morgan fingerprint density at radius 2 is 0.468 bits per heavy atom. The Hall–Kier alpha value is -1.94. The minimum Gasteiger partial charge on any atom is -0.462 e. The van der Waals surface area contributed by atoms with Crippen LogP contribution in [0.25, 0.3) is 0 Å². The number of hydrogen-bond acceptors (Lipinski definition) is 15. The average molecular weight is 1590 g/mol. The molecule has 648 valence electrons. The number of aliphatic hydroxyl groups is 1. The third kappa shape index (κ3) is 82.4. The van der Waals surface area contributed by atoms with Crippen molar-refractivity contribution in [3.63, 3.8) is 0 Å². The second-order valence-electron chi connectivity index (χ2n) is 33.1. The van der Waals surface area contributed by atoms with E-state index in [4.69, 9.17) is 37.0 Å². The first-order chi connectivity index (χ1) is 52.9. The van der Waals surface area contributed by atoms with Crippen molar-refractivity contribution >= 4 is 39.5 Å². The monoisotopic (exact) mass is 1590 g/mol. The lowest BCUT2D eigenvalue weighted by Crippen LogP contribution is -2.30. The van der Waals surface area contributed by atoms with Crippen LogP contribution in [-0.2, 0) is 65.4 Å². The maximum atomic E-state index is 13.2. The highest BCUT2D eigenvalue weighted by Gasteiger charge is 2.31. The highest BCUT2D eigenvalue weighted by Crippen LogP contribution is 2.45. The molecule has 0 aliphatic heterocycles. The number of unbranched alkanes of at least 4 members (excludes halogenated alkanes) is 58. The molecule has 0 radical (unpaired) electrons. The van der Waals surface area contributed by atoms with Gasteiger partial charge in [0.15, 0.2) is 12.2 Å². The second kappa shape index (κ2) is 81.2. The summed E-state index contributed by atoms with van der Waals surface area (Å²) in [7, 11) is -9.93. The topological polar surface area (TPSA) is 237 Å². The van der Waals surface area contributed by atoms with Crippen molar-refractivity contribution < 1.29 is 80.2 Å². The van der Waals surface area contributed by atoms with E-state index >= 15 is 0 Å². The number of carbonyl (C=O) groups is 4. The van der Waals surface area contributed by atoms with Crippen molar-refractivity contribution in [3.8, 4) is 0 Å². The number of aliphatic hydroxyl groups excluding tert-OH is 1. The summed E-state index contributed by atoms with van der Waals surface area (Å²) < 4.78 is 69.0. The standard InChI is InChI=1S/C90H176O17P2/c1-7-10-12-14-16-18-20-22-24-26-28-30-31-33-35-37-39-44-48-56-62-68-74-89(94)106-85(78-100-87(92)72-66-60-54-47-43-38-36-34-32-29-27-25-23-21-19-17-15-13-11-8-2)80-104-108(96,97)102-76-84(91)77-103-109(98,99)105-81-86(79-101-88(93)73-67-61-55-51-50-53-59-65-71-83(6)9-3)107-90(95)75-69-63-57-49-45-41-40-42-46-52-58-64-70-82(4)5/h82-86,91H,7-81H2,1-6H3,(H,96,97)(H,98,99)/t83?,84-,85-,86-/m1/s1. The van der Waals surface area contributed by atoms with Crippen LogP contribution in [0.3, 0.4) is 0 Å². The number of esters is 4. The highest BCUT2D eigenvalue weighted by atomic mass is 31.2. The van der Waals surface area contributed by atoms with Crippen LogP contribution in [0.15, 0.2) is 0 Å². The number of phosphoric acid groups is 2. The number of hydrogen-bond donors (Lipinski definition) is 3. The molecule has 0 fully saturated rings. The summed E-state index contributed by atoms with van der Waals surface area (Å²) in [5, 5.41) is 10.7. The molecule has 0 spiro atoms. The molecule has 0 aromatic heterocycles. The zero-order valence-electron chi connectivity index (χ0n) is 71.9. The minimum atomic E-state index is -4.97. The molecule has 0 aromatic rings. The van der Waals surface area contributed by atoms with E-state index in [1.807, 2.05) is 0 Å². The normalized spacial score (nSPS) is 14.0. The lowest BCUT2D eigenvalue weighted by molar-refractivity contribution is -0.161. The van der Waals surface area contributed by atoms with Gasteiger partial charge in [0.25, 0.3) is 0 Å². The van der Waals surface area contributed by atoms with Crippen molar-refractivity contribution in [2.45, 2.75) is 503 Å². The van der Waals surface area contributed by atoms with Crippen molar-refractivity contribution in [1.82, 2.24) is 0 Å². The highest BCUT2D eigenvalue weighted by molar-refractivity contribution is 7.47. The van der Waals surface area contributed by atoms with Gasteiger partial charge in [-0.05, 0) is 37.5 Å². The van der Waals surface area contributed by atoms with E-state index in [2.05, 4.69) is 41.5 Å². The SMILES string of the molecule is CCCCCCCCCCCCCCCCCCCCCCCCC(=O)O[C@H](COC(=O)CCCCCCCCCCCCCCCCCCCCCC)COP(=O)(O)OC[C@@H](O)COP(=O)(O)OC[C@@H](COC(=O)CCCCCCCCCCC(C)CC)OC(=O)CCCCCCCCCCCCCCC(C)C. The number of rotatable bonds is 89. The molecule has 0 aliphatic carbocycles. The maximum absolute atomic E-state index is 13.2. The largest absolute Gasteiger partial charge is 0.472 e. The molecule has 0 rings (SSSR count). The summed E-state index contributed by atoms with van der Waals surface area (Å²) in [5.74, 6) is -0.545. The summed E-state index contributed by atoms with van der Waals surface area (Å²) in [6, 6.07) is 0. The van der Waals surface area contributed by atoms with Gasteiger partial charge in [0.1, 0.15) is 19.3 Å². The molecular weight excluding hydrogens is 1410 g/mol. The summed E-state index contributed by atoms with van der Waals surface area (Å²) in [6.45, 7) is 9.70. The fourth-order valence-corrected chi connectivity index (χ4v) is 15.7. The van der Waals surface area contributed by atoms with Crippen LogP contribution in [0.4, 0.5) is 0 Å². The molecule has 0 heterocycles. The first-order valence-corrected chi connectivity index (χ1v) is 49.5. The van der Waals surface area contributed by atoms with E-state index in [9.17, 15) is 43.2 Å². The Labute approximate surface area is 670 Å². The van der Waals surface area contributed by atoms with Gasteiger partial charge in [0.2, 0.25) is 0 Å². The predicted octanol–water partition coefficient (Wildman–Crippen LogP) is 27.8. The van der Waals surface area contributed by atoms with E-state index in [0.29, 0.717) is 25.7 Å². The maximum Gasteiger partial charge on any atom is 0.472 e. The van der Waals surface area contributed by atoms with Crippen LogP contribution >= 0.6 is 15.6 Å². The van der Waals surface area contributed by atoms with Gasteiger partial charge in [0.05, 0.1) is 26.4 Å². The molecule has 109 heavy (non-hydrogen) atoms. The Bertz CT molecular complexity index is 2080. The van der Waals surface area contributed by atoms with Crippen molar-refractivity contribution in [1.29, 1.82) is 0 Å². The van der Waals surface area contributed by atoms with Gasteiger partial charge in [-0.2, -0.15) is 0 Å². The second-order valence-corrected chi connectivity index (χ2v) is 36.0. The van der Waals surface area contributed by atoms with Gasteiger partial charge in [-0.25, -0.2) is 9.13 Å². The van der Waals surface area contributed by atoms with E-state index in [1.54, 1.807) is 0 Å². The summed E-state index contributed by atoms with van der Waals surface area (Å²) in [5.41, 5.74) is 0. The van der Waals surface area contributed by atoms with Crippen LogP contribution in [0.1, 0.15) is 485 Å². The van der Waals surface area contributed by atoms with Crippen LogP contribution in [-0.4, -0.2) is 96.7 Å². The molecule has 0 saturated heterocycles. The van der Waals surface area contributed by atoms with E-state index in [1.165, 1.54) is 302 Å². The first kappa shape index (κ1) is 107. The molecule has 3 unspecified atom stereocenters. The fourth-order valence-electron chi connectivity index (χ4n) is 14.1. The number of ether oxygens (including phenoxy) is 4. The predicted molar refractivity (Wildman–Crippen MR) is 451 cm³/mol. The molecule has 6 atom stereocenters. The molecule has 0 aliphatic rings. The molecular formula is C90H176O17P2. The van der Waals surface area contributed by atoms with Crippen LogP contribution in [0, 0.1) is 11.8 Å². The van der Waals surface area contributed by atoms with Crippen molar-refractivity contribution in [2.75, 3.05) is 39.6 Å². The lowest BCUT2D eigenvalue weighted by atomic mass is 9.99. The average Bonchev–Trinajstić information content (AvgIpc) is 0.899. The molecule has 19 heteroatoms. The smallest absolute Gasteiger partial charge is 0.462 e. The Morgan fingerprint density at radius 3 is 0.697 bits per heavy atom. The van der Waals surface area contributed by atoms with Gasteiger partial charge in [-0.3, -0.25) is 37.3 Å². The van der Waals surface area contributed by atoms with E-state index in [0.717, 1.165) is 102 Å². The molecule has 17 nitrogen and oxygen atoms in total. The van der Waals surface area contributed by atoms with Crippen LogP contribution < -0.4 is 0 Å². The van der Waals surface area contributed by atoms with Gasteiger partial charge in [-0.1, -0.05) is 433 Å².